The van der Waals surface area contributed by atoms with E-state index in [0.717, 1.165) is 19.6 Å². The summed E-state index contributed by atoms with van der Waals surface area (Å²) in [6.07, 6.45) is 7.21. The highest BCUT2D eigenvalue weighted by molar-refractivity contribution is 5.65. The molecule has 23 heavy (non-hydrogen) atoms. The highest BCUT2D eigenvalue weighted by Crippen LogP contribution is 2.43. The lowest BCUT2D eigenvalue weighted by Gasteiger charge is -2.39. The van der Waals surface area contributed by atoms with Crippen LogP contribution in [-0.4, -0.2) is 18.0 Å². The highest BCUT2D eigenvalue weighted by Gasteiger charge is 2.37. The minimum Gasteiger partial charge on any atom is -0.326 e. The quantitative estimate of drug-likeness (QED) is 0.936. The SMILES string of the molecule is NCc1ccc(CN2CCC3(C=Cc4ccccc43)CC2)cc1. The molecule has 4 rings (SSSR count). The average Bonchev–Trinajstić information content (AvgIpc) is 2.97. The number of nitrogens with zero attached hydrogens (tertiary/aromatic N) is 1. The minimum atomic E-state index is 0.288. The molecule has 0 atom stereocenters. The van der Waals surface area contributed by atoms with Gasteiger partial charge in [-0.1, -0.05) is 60.7 Å². The van der Waals surface area contributed by atoms with Gasteiger partial charge in [-0.15, -0.1) is 0 Å². The van der Waals surface area contributed by atoms with Crippen molar-refractivity contribution in [2.24, 2.45) is 5.73 Å². The number of rotatable bonds is 3. The monoisotopic (exact) mass is 304 g/mol. The van der Waals surface area contributed by atoms with Gasteiger partial charge in [-0.05, 0) is 48.2 Å². The second-order valence-corrected chi connectivity index (χ2v) is 6.87. The van der Waals surface area contributed by atoms with Crippen molar-refractivity contribution in [3.8, 4) is 0 Å². The molecule has 0 aromatic heterocycles. The lowest BCUT2D eigenvalue weighted by molar-refractivity contribution is 0.177. The van der Waals surface area contributed by atoms with Gasteiger partial charge >= 0.3 is 0 Å². The molecule has 0 amide bonds. The zero-order valence-corrected chi connectivity index (χ0v) is 13.5. The molecular weight excluding hydrogens is 280 g/mol. The molecule has 1 heterocycles. The molecule has 1 aliphatic heterocycles. The number of allylic oxidation sites excluding steroid dienone is 1. The minimum absolute atomic E-state index is 0.288. The summed E-state index contributed by atoms with van der Waals surface area (Å²) in [6, 6.07) is 17.6. The maximum Gasteiger partial charge on any atom is 0.0233 e. The summed E-state index contributed by atoms with van der Waals surface area (Å²) < 4.78 is 0. The van der Waals surface area contributed by atoms with Gasteiger partial charge in [-0.3, -0.25) is 4.90 Å². The number of likely N-dealkylation sites (tertiary alicyclic amines) is 1. The Morgan fingerprint density at radius 2 is 1.61 bits per heavy atom. The number of piperidine rings is 1. The molecule has 2 heteroatoms. The molecule has 0 radical (unpaired) electrons. The third-order valence-electron chi connectivity index (χ3n) is 5.49. The number of nitrogens with two attached hydrogens (primary N) is 1. The van der Waals surface area contributed by atoms with E-state index in [1.165, 1.54) is 35.1 Å². The van der Waals surface area contributed by atoms with Crippen LogP contribution < -0.4 is 5.73 Å². The van der Waals surface area contributed by atoms with Crippen molar-refractivity contribution in [3.63, 3.8) is 0 Å². The van der Waals surface area contributed by atoms with Gasteiger partial charge in [-0.25, -0.2) is 0 Å². The molecule has 1 aliphatic carbocycles. The van der Waals surface area contributed by atoms with Crippen molar-refractivity contribution >= 4 is 6.08 Å². The number of fused-ring (bicyclic) bond motifs is 2. The molecule has 2 nitrogen and oxygen atoms in total. The molecule has 1 saturated heterocycles. The van der Waals surface area contributed by atoms with Gasteiger partial charge in [-0.2, -0.15) is 0 Å². The fourth-order valence-corrected chi connectivity index (χ4v) is 4.02. The summed E-state index contributed by atoms with van der Waals surface area (Å²) >= 11 is 0. The summed E-state index contributed by atoms with van der Waals surface area (Å²) in [5, 5.41) is 0. The first-order valence-corrected chi connectivity index (χ1v) is 8.58. The van der Waals surface area contributed by atoms with Gasteiger partial charge in [0.1, 0.15) is 0 Å². The molecule has 0 saturated carbocycles. The van der Waals surface area contributed by atoms with Crippen molar-refractivity contribution in [1.29, 1.82) is 0 Å². The standard InChI is InChI=1S/C21H24N2/c22-15-17-5-7-18(8-6-17)16-23-13-11-21(12-14-23)10-9-19-3-1-2-4-20(19)21/h1-10H,11-16,22H2. The van der Waals surface area contributed by atoms with Crippen molar-refractivity contribution in [1.82, 2.24) is 4.90 Å². The van der Waals surface area contributed by atoms with Crippen molar-refractivity contribution in [3.05, 3.63) is 76.9 Å². The van der Waals surface area contributed by atoms with Crippen LogP contribution in [0.1, 0.15) is 35.1 Å². The Kier molecular flexibility index (Phi) is 3.80. The summed E-state index contributed by atoms with van der Waals surface area (Å²) in [5.74, 6) is 0. The van der Waals surface area contributed by atoms with Gasteiger partial charge in [0.15, 0.2) is 0 Å². The second-order valence-electron chi connectivity index (χ2n) is 6.87. The lowest BCUT2D eigenvalue weighted by Crippen LogP contribution is -2.40. The molecule has 118 valence electrons. The predicted octanol–water partition coefficient (Wildman–Crippen LogP) is 3.71. The van der Waals surface area contributed by atoms with Crippen molar-refractivity contribution in [2.75, 3.05) is 13.1 Å². The highest BCUT2D eigenvalue weighted by atomic mass is 15.1. The van der Waals surface area contributed by atoms with Crippen LogP contribution in [-0.2, 0) is 18.5 Å². The van der Waals surface area contributed by atoms with E-state index in [4.69, 9.17) is 5.73 Å². The van der Waals surface area contributed by atoms with E-state index in [1.54, 1.807) is 0 Å². The molecule has 1 fully saturated rings. The predicted molar refractivity (Wildman–Crippen MR) is 96.0 cm³/mol. The van der Waals surface area contributed by atoms with Crippen LogP contribution in [0.5, 0.6) is 0 Å². The number of hydrogen-bond acceptors (Lipinski definition) is 2. The molecule has 0 unspecified atom stereocenters. The van der Waals surface area contributed by atoms with E-state index in [2.05, 4.69) is 65.6 Å². The van der Waals surface area contributed by atoms with E-state index in [-0.39, 0.29) is 5.41 Å². The van der Waals surface area contributed by atoms with Crippen molar-refractivity contribution < 1.29 is 0 Å². The number of hydrogen-bond donors (Lipinski definition) is 1. The molecule has 0 bridgehead atoms. The molecule has 2 aromatic rings. The number of benzene rings is 2. The first-order valence-electron chi connectivity index (χ1n) is 8.58. The normalized spacial score (nSPS) is 19.2. The topological polar surface area (TPSA) is 29.3 Å². The third kappa shape index (κ3) is 2.73. The zero-order valence-electron chi connectivity index (χ0n) is 13.5. The summed E-state index contributed by atoms with van der Waals surface area (Å²) in [7, 11) is 0. The smallest absolute Gasteiger partial charge is 0.0233 e. The Hall–Kier alpha value is -1.90. The van der Waals surface area contributed by atoms with Crippen LogP contribution in [0.25, 0.3) is 6.08 Å². The first-order chi connectivity index (χ1) is 11.3. The molecule has 2 aromatic carbocycles. The van der Waals surface area contributed by atoms with Gasteiger partial charge in [0.05, 0.1) is 0 Å². The third-order valence-corrected chi connectivity index (χ3v) is 5.49. The summed E-state index contributed by atoms with van der Waals surface area (Å²) in [4.78, 5) is 2.58. The Bertz CT molecular complexity index is 707. The Morgan fingerprint density at radius 1 is 0.913 bits per heavy atom. The first kappa shape index (κ1) is 14.7. The van der Waals surface area contributed by atoms with Crippen LogP contribution in [0.3, 0.4) is 0 Å². The van der Waals surface area contributed by atoms with E-state index in [0.29, 0.717) is 6.54 Å². The second kappa shape index (κ2) is 5.95. The Labute approximate surface area is 138 Å². The van der Waals surface area contributed by atoms with Crippen molar-refractivity contribution in [2.45, 2.75) is 31.3 Å². The summed E-state index contributed by atoms with van der Waals surface area (Å²) in [6.45, 7) is 4.00. The zero-order chi connectivity index (χ0) is 15.7. The molecule has 1 spiro atoms. The summed E-state index contributed by atoms with van der Waals surface area (Å²) in [5.41, 5.74) is 11.5. The maximum absolute atomic E-state index is 5.67. The lowest BCUT2D eigenvalue weighted by atomic mass is 9.74. The fraction of sp³-hybridized carbons (Fsp3) is 0.333. The van der Waals surface area contributed by atoms with Crippen LogP contribution in [0.2, 0.25) is 0 Å². The Balaban J connectivity index is 1.42. The van der Waals surface area contributed by atoms with E-state index < -0.39 is 0 Å². The molecular formula is C21H24N2. The van der Waals surface area contributed by atoms with Gasteiger partial charge in [0, 0.05) is 18.5 Å². The maximum atomic E-state index is 5.67. The Morgan fingerprint density at radius 3 is 2.35 bits per heavy atom. The van der Waals surface area contributed by atoms with E-state index in [1.807, 2.05) is 0 Å². The largest absolute Gasteiger partial charge is 0.326 e. The van der Waals surface area contributed by atoms with Gasteiger partial charge in [0.2, 0.25) is 0 Å². The molecule has 2 N–H and O–H groups in total. The van der Waals surface area contributed by atoms with Crippen LogP contribution >= 0.6 is 0 Å². The average molecular weight is 304 g/mol. The molecule has 2 aliphatic rings. The van der Waals surface area contributed by atoms with E-state index >= 15 is 0 Å². The van der Waals surface area contributed by atoms with Gasteiger partial charge in [0.25, 0.3) is 0 Å². The van der Waals surface area contributed by atoms with Gasteiger partial charge < -0.3 is 5.73 Å². The van der Waals surface area contributed by atoms with Crippen LogP contribution in [0.15, 0.2) is 54.6 Å². The van der Waals surface area contributed by atoms with Crippen LogP contribution in [0, 0.1) is 0 Å². The van der Waals surface area contributed by atoms with E-state index in [9.17, 15) is 0 Å². The van der Waals surface area contributed by atoms with Crippen LogP contribution in [0.4, 0.5) is 0 Å². The fourth-order valence-electron chi connectivity index (χ4n) is 4.02.